The first-order chi connectivity index (χ1) is 19.0. The number of fused-ring (bicyclic) bond motifs is 1. The normalized spacial score (nSPS) is 11.8. The predicted molar refractivity (Wildman–Crippen MR) is 144 cm³/mol. The third-order valence-electron chi connectivity index (χ3n) is 6.15. The molecule has 0 aliphatic carbocycles. The summed E-state index contributed by atoms with van der Waals surface area (Å²) in [5.41, 5.74) is 3.51. The molecule has 7 nitrogen and oxygen atoms in total. The monoisotopic (exact) mass is 555 g/mol. The highest BCUT2D eigenvalue weighted by Gasteiger charge is 2.22. The van der Waals surface area contributed by atoms with E-state index in [2.05, 4.69) is 4.99 Å². The fourth-order valence-electron chi connectivity index (χ4n) is 4.22. The lowest BCUT2D eigenvalue weighted by atomic mass is 10.1. The Hall–Kier alpha value is -4.74. The molecule has 5 rings (SSSR count). The molecule has 0 unspecified atom stereocenters. The number of benzene rings is 3. The second kappa shape index (κ2) is 11.6. The molecule has 40 heavy (non-hydrogen) atoms. The molecule has 208 valence electrons. The number of para-hydroxylation sites is 2. The van der Waals surface area contributed by atoms with Crippen molar-refractivity contribution in [2.45, 2.75) is 6.92 Å². The number of nitrogens with zero attached hydrogens (tertiary/aromatic N) is 2. The second-order valence-corrected chi connectivity index (χ2v) is 8.65. The van der Waals surface area contributed by atoms with Gasteiger partial charge in [-0.05, 0) is 49.4 Å². The van der Waals surface area contributed by atoms with Crippen LogP contribution in [-0.2, 0) is 7.05 Å². The molecule has 12 heteroatoms. The maximum Gasteiger partial charge on any atom is 0.673 e. The zero-order valence-corrected chi connectivity index (χ0v) is 22.1. The minimum atomic E-state index is -6.00. The van der Waals surface area contributed by atoms with Crippen LogP contribution in [0.1, 0.15) is 5.69 Å². The number of ether oxygens (including phenoxy) is 2. The van der Waals surface area contributed by atoms with Crippen molar-refractivity contribution in [3.8, 4) is 28.5 Å². The van der Waals surface area contributed by atoms with Gasteiger partial charge in [0.15, 0.2) is 11.5 Å². The van der Waals surface area contributed by atoms with Crippen LogP contribution in [-0.4, -0.2) is 30.8 Å². The van der Waals surface area contributed by atoms with E-state index in [0.29, 0.717) is 28.5 Å². The van der Waals surface area contributed by atoms with E-state index >= 15 is 0 Å². The van der Waals surface area contributed by atoms with E-state index in [9.17, 15) is 22.1 Å². The van der Waals surface area contributed by atoms with Crippen molar-refractivity contribution in [1.29, 1.82) is 0 Å². The zero-order valence-electron chi connectivity index (χ0n) is 22.1. The highest BCUT2D eigenvalue weighted by molar-refractivity contribution is 6.50. The first-order valence-corrected chi connectivity index (χ1v) is 12.1. The van der Waals surface area contributed by atoms with Crippen LogP contribution >= 0.6 is 0 Å². The van der Waals surface area contributed by atoms with Crippen molar-refractivity contribution in [3.63, 3.8) is 0 Å². The number of halogens is 4. The zero-order chi connectivity index (χ0) is 29.0. The number of rotatable bonds is 5. The van der Waals surface area contributed by atoms with Crippen molar-refractivity contribution in [1.82, 2.24) is 9.36 Å². The summed E-state index contributed by atoms with van der Waals surface area (Å²) >= 11 is 0. The molecule has 0 atom stereocenters. The quantitative estimate of drug-likeness (QED) is 0.256. The highest BCUT2D eigenvalue weighted by atomic mass is 19.5. The van der Waals surface area contributed by atoms with Gasteiger partial charge in [0.1, 0.15) is 17.0 Å². The number of aromatic nitrogens is 2. The van der Waals surface area contributed by atoms with E-state index in [1.807, 2.05) is 97.5 Å². The SMILES string of the molecule is COc1ccc(-c2cc(=[NH+]c3c(C)n(C)n(-c4ccccc4)c3=O)c3ccccc3o2)cc1OC.F[B-](F)(F)F. The van der Waals surface area contributed by atoms with Gasteiger partial charge in [-0.15, -0.1) is 0 Å². The molecule has 3 aromatic carbocycles. The Balaban J connectivity index is 0.000000681. The Kier molecular flexibility index (Phi) is 8.17. The van der Waals surface area contributed by atoms with Gasteiger partial charge in [-0.25, -0.2) is 4.68 Å². The molecular weight excluding hydrogens is 529 g/mol. The van der Waals surface area contributed by atoms with Crippen molar-refractivity contribution in [3.05, 3.63) is 100 Å². The predicted octanol–water partition coefficient (Wildman–Crippen LogP) is 4.53. The van der Waals surface area contributed by atoms with Crippen molar-refractivity contribution in [2.75, 3.05) is 14.2 Å². The minimum absolute atomic E-state index is 0.131. The molecule has 0 saturated heterocycles. The fourth-order valence-corrected chi connectivity index (χ4v) is 4.22. The average Bonchev–Trinajstić information content (AvgIpc) is 3.14. The summed E-state index contributed by atoms with van der Waals surface area (Å²) in [4.78, 5) is 16.9. The average molecular weight is 555 g/mol. The van der Waals surface area contributed by atoms with Gasteiger partial charge < -0.3 is 31.2 Å². The molecule has 0 radical (unpaired) electrons. The fraction of sp³-hybridized carbons (Fsp3) is 0.143. The highest BCUT2D eigenvalue weighted by Crippen LogP contribution is 2.32. The molecule has 0 spiro atoms. The lowest BCUT2D eigenvalue weighted by molar-refractivity contribution is -0.402. The summed E-state index contributed by atoms with van der Waals surface area (Å²) in [6.07, 6.45) is 0. The smallest absolute Gasteiger partial charge is 0.493 e. The molecule has 2 heterocycles. The Labute approximate surface area is 226 Å². The molecule has 0 saturated carbocycles. The summed E-state index contributed by atoms with van der Waals surface area (Å²) in [5, 5.41) is 1.63. The molecule has 5 aromatic rings. The van der Waals surface area contributed by atoms with E-state index in [1.54, 1.807) is 18.9 Å². The topological polar surface area (TPSA) is 72.5 Å². The largest absolute Gasteiger partial charge is 0.673 e. The van der Waals surface area contributed by atoms with Gasteiger partial charge in [0.25, 0.3) is 5.69 Å². The van der Waals surface area contributed by atoms with Gasteiger partial charge in [-0.3, -0.25) is 9.48 Å². The lowest BCUT2D eigenvalue weighted by Crippen LogP contribution is -2.72. The molecular formula is C28H26BF4N3O4. The standard InChI is InChI=1S/C28H25N3O4.BF4/c1-18-27(28(32)31(30(18)2)20-10-6-5-7-11-20)29-22-17-25(35-23-13-9-8-12-21(22)23)19-14-15-24(33-3)26(16-19)34-4;2-1(3,4)5/h5-17H,1-4H3;/q;-1/p+1. The van der Waals surface area contributed by atoms with Crippen LogP contribution in [0, 0.1) is 6.92 Å². The maximum atomic E-state index is 13.5. The summed E-state index contributed by atoms with van der Waals surface area (Å²) in [5.74, 6) is 1.87. The summed E-state index contributed by atoms with van der Waals surface area (Å²) in [6.45, 7) is 1.92. The summed E-state index contributed by atoms with van der Waals surface area (Å²) in [7, 11) is -0.922. The van der Waals surface area contributed by atoms with Gasteiger partial charge in [0.05, 0.1) is 31.4 Å². The van der Waals surface area contributed by atoms with Gasteiger partial charge in [0.2, 0.25) is 5.36 Å². The molecule has 1 N–H and O–H groups in total. The molecule has 0 aliphatic heterocycles. The van der Waals surface area contributed by atoms with Gasteiger partial charge >= 0.3 is 12.8 Å². The molecule has 0 fully saturated rings. The van der Waals surface area contributed by atoms with Crippen molar-refractivity contribution in [2.24, 2.45) is 7.05 Å². The second-order valence-electron chi connectivity index (χ2n) is 8.65. The Morgan fingerprint density at radius 3 is 2.12 bits per heavy atom. The van der Waals surface area contributed by atoms with Crippen LogP contribution in [0.15, 0.2) is 88.1 Å². The number of methoxy groups -OCH3 is 2. The molecule has 0 bridgehead atoms. The van der Waals surface area contributed by atoms with Crippen molar-refractivity contribution < 1.29 is 36.1 Å². The Morgan fingerprint density at radius 1 is 0.850 bits per heavy atom. The molecule has 0 amide bonds. The number of hydrogen-bond acceptors (Lipinski definition) is 4. The van der Waals surface area contributed by atoms with E-state index in [1.165, 1.54) is 0 Å². The first-order valence-electron chi connectivity index (χ1n) is 12.1. The number of nitrogens with one attached hydrogen (secondary N) is 1. The molecule has 0 aliphatic rings. The first kappa shape index (κ1) is 28.3. The van der Waals surface area contributed by atoms with Crippen LogP contribution < -0.4 is 25.4 Å². The van der Waals surface area contributed by atoms with Gasteiger partial charge in [0, 0.05) is 12.6 Å². The Bertz CT molecular complexity index is 1770. The van der Waals surface area contributed by atoms with Crippen molar-refractivity contribution >= 4 is 23.9 Å². The van der Waals surface area contributed by atoms with Crippen LogP contribution in [0.2, 0.25) is 0 Å². The summed E-state index contributed by atoms with van der Waals surface area (Å²) in [6, 6.07) is 24.8. The molecule has 2 aromatic heterocycles. The van der Waals surface area contributed by atoms with Crippen LogP contribution in [0.5, 0.6) is 11.5 Å². The lowest BCUT2D eigenvalue weighted by Gasteiger charge is -2.09. The van der Waals surface area contributed by atoms with Gasteiger partial charge in [-0.1, -0.05) is 30.3 Å². The number of hydrogen-bond donors (Lipinski definition) is 1. The van der Waals surface area contributed by atoms with E-state index in [0.717, 1.165) is 27.7 Å². The van der Waals surface area contributed by atoms with Gasteiger partial charge in [-0.2, -0.15) is 4.99 Å². The van der Waals surface area contributed by atoms with E-state index in [4.69, 9.17) is 13.9 Å². The van der Waals surface area contributed by atoms with Crippen LogP contribution in [0.4, 0.5) is 23.0 Å². The van der Waals surface area contributed by atoms with E-state index < -0.39 is 7.25 Å². The van der Waals surface area contributed by atoms with Crippen LogP contribution in [0.25, 0.3) is 28.0 Å². The summed E-state index contributed by atoms with van der Waals surface area (Å²) < 4.78 is 59.6. The minimum Gasteiger partial charge on any atom is -0.493 e. The van der Waals surface area contributed by atoms with E-state index in [-0.39, 0.29) is 5.56 Å². The maximum absolute atomic E-state index is 13.5. The Morgan fingerprint density at radius 2 is 1.48 bits per heavy atom. The third-order valence-corrected chi connectivity index (χ3v) is 6.15. The third kappa shape index (κ3) is 6.11. The van der Waals surface area contributed by atoms with Crippen LogP contribution in [0.3, 0.4) is 0 Å².